The number of nitrogens with zero attached hydrogens (tertiary/aromatic N) is 5. The molecule has 1 saturated heterocycles. The van der Waals surface area contributed by atoms with E-state index in [9.17, 15) is 9.90 Å². The average Bonchev–Trinajstić information content (AvgIpc) is 3.68. The highest BCUT2D eigenvalue weighted by atomic mass is 16.5. The normalized spacial score (nSPS) is 28.0. The molecule has 4 fully saturated rings. The van der Waals surface area contributed by atoms with Crippen molar-refractivity contribution in [3.63, 3.8) is 0 Å². The number of nitrogen functional groups attached to an aromatic ring is 1. The molecule has 9 heteroatoms. The number of phenolic OH excluding ortho intramolecular Hbond substituents is 1. The van der Waals surface area contributed by atoms with Crippen molar-refractivity contribution >= 4 is 17.5 Å². The Morgan fingerprint density at radius 3 is 2.43 bits per heavy atom. The van der Waals surface area contributed by atoms with Crippen molar-refractivity contribution in [2.24, 2.45) is 29.6 Å². The summed E-state index contributed by atoms with van der Waals surface area (Å²) >= 11 is 0. The zero-order valence-corrected chi connectivity index (χ0v) is 26.1. The molecular weight excluding hydrogens is 576 g/mol. The number of para-hydroxylation sites is 1. The Labute approximate surface area is 269 Å². The first kappa shape index (κ1) is 28.9. The number of benzene rings is 2. The molecule has 2 aromatic heterocycles. The summed E-state index contributed by atoms with van der Waals surface area (Å²) in [6, 6.07) is 18.0. The van der Waals surface area contributed by atoms with Crippen molar-refractivity contribution in [3.05, 3.63) is 78.4 Å². The minimum atomic E-state index is -0.0346. The second-order valence-electron chi connectivity index (χ2n) is 13.6. The number of ether oxygens (including phenoxy) is 1. The summed E-state index contributed by atoms with van der Waals surface area (Å²) in [5.41, 5.74) is 12.0. The summed E-state index contributed by atoms with van der Waals surface area (Å²) in [6.45, 7) is 4.19. The van der Waals surface area contributed by atoms with Crippen molar-refractivity contribution in [2.75, 3.05) is 30.3 Å². The lowest BCUT2D eigenvalue weighted by Gasteiger charge is -2.35. The van der Waals surface area contributed by atoms with Crippen LogP contribution in [-0.4, -0.2) is 50.9 Å². The smallest absolute Gasteiger partial charge is 0.308 e. The molecule has 3 N–H and O–H groups in total. The molecule has 0 spiro atoms. The highest BCUT2D eigenvalue weighted by Gasteiger charge is 2.65. The van der Waals surface area contributed by atoms with E-state index in [2.05, 4.69) is 39.4 Å². The molecule has 9 nitrogen and oxygen atoms in total. The summed E-state index contributed by atoms with van der Waals surface area (Å²) in [5, 5.41) is 18.9. The summed E-state index contributed by atoms with van der Waals surface area (Å²) < 4.78 is 5.23. The van der Waals surface area contributed by atoms with E-state index in [4.69, 9.17) is 20.4 Å². The molecule has 5 unspecified atom stereocenters. The first-order valence-corrected chi connectivity index (χ1v) is 16.7. The summed E-state index contributed by atoms with van der Waals surface area (Å²) in [5.74, 6) is 4.99. The van der Waals surface area contributed by atoms with Gasteiger partial charge in [-0.3, -0.25) is 4.79 Å². The minimum Gasteiger partial charge on any atom is -0.507 e. The largest absolute Gasteiger partial charge is 0.507 e. The molecule has 1 aliphatic heterocycles. The molecule has 46 heavy (non-hydrogen) atoms. The number of piperidine rings is 1. The van der Waals surface area contributed by atoms with Crippen LogP contribution in [0.15, 0.2) is 67.0 Å². The number of rotatable bonds is 7. The monoisotopic (exact) mass is 616 g/mol. The Hall–Kier alpha value is -4.53. The Morgan fingerprint density at radius 2 is 1.72 bits per heavy atom. The van der Waals surface area contributed by atoms with Crippen LogP contribution in [0.4, 0.5) is 11.5 Å². The fourth-order valence-corrected chi connectivity index (χ4v) is 8.84. The first-order valence-electron chi connectivity index (χ1n) is 16.7. The molecule has 0 amide bonds. The Balaban J connectivity index is 0.907. The number of anilines is 2. The fourth-order valence-electron chi connectivity index (χ4n) is 8.84. The molecule has 3 aliphatic carbocycles. The standard InChI is InChI=1S/C37H40N6O3/c1-2-46-37(45)24-13-11-22(12-14-24)21-7-9-23(10-8-21)26-17-39-36(40-18-26)28-15-25-19-43(20-29-33(25)34(28)29)31-16-30(41-42-35(31)38)27-5-3-4-6-32(27)44/h3-10,16-18,22,24-25,28-29,33-34,44H,2,11-15,19-20H2,1H3,(H2,38,42)/t22-,24-,25?,28?,29?,33?,34?. The van der Waals surface area contributed by atoms with Crippen LogP contribution >= 0.6 is 0 Å². The van der Waals surface area contributed by atoms with E-state index in [1.54, 1.807) is 12.1 Å². The topological polar surface area (TPSA) is 127 Å². The number of aromatic nitrogens is 4. The van der Waals surface area contributed by atoms with Gasteiger partial charge in [0, 0.05) is 42.5 Å². The van der Waals surface area contributed by atoms with E-state index >= 15 is 0 Å². The van der Waals surface area contributed by atoms with Gasteiger partial charge >= 0.3 is 5.97 Å². The predicted molar refractivity (Wildman–Crippen MR) is 176 cm³/mol. The van der Waals surface area contributed by atoms with Gasteiger partial charge in [0.15, 0.2) is 5.82 Å². The lowest BCUT2D eigenvalue weighted by Crippen LogP contribution is -2.38. The predicted octanol–water partition coefficient (Wildman–Crippen LogP) is 6.21. The third-order valence-electron chi connectivity index (χ3n) is 11.1. The van der Waals surface area contributed by atoms with Crippen LogP contribution in [0, 0.1) is 29.6 Å². The van der Waals surface area contributed by atoms with Crippen molar-refractivity contribution in [1.29, 1.82) is 0 Å². The van der Waals surface area contributed by atoms with Gasteiger partial charge < -0.3 is 20.5 Å². The molecule has 0 radical (unpaired) electrons. The van der Waals surface area contributed by atoms with E-state index in [0.717, 1.165) is 73.8 Å². The summed E-state index contributed by atoms with van der Waals surface area (Å²) in [6.07, 6.45) is 8.91. The second kappa shape index (κ2) is 11.7. The van der Waals surface area contributed by atoms with E-state index in [1.807, 2.05) is 37.5 Å². The Morgan fingerprint density at radius 1 is 0.957 bits per heavy atom. The molecule has 8 rings (SSSR count). The number of nitrogens with two attached hydrogens (primary N) is 1. The first-order chi connectivity index (χ1) is 22.5. The van der Waals surface area contributed by atoms with Gasteiger partial charge in [-0.05, 0) is 97.9 Å². The van der Waals surface area contributed by atoms with Crippen LogP contribution in [0.3, 0.4) is 0 Å². The Kier molecular flexibility index (Phi) is 7.34. The fraction of sp³-hybridized carbons (Fsp3) is 0.432. The second-order valence-corrected chi connectivity index (χ2v) is 13.6. The highest BCUT2D eigenvalue weighted by Crippen LogP contribution is 2.68. The van der Waals surface area contributed by atoms with Crippen molar-refractivity contribution < 1.29 is 14.6 Å². The van der Waals surface area contributed by atoms with Gasteiger partial charge in [0.1, 0.15) is 11.6 Å². The maximum Gasteiger partial charge on any atom is 0.308 e. The lowest BCUT2D eigenvalue weighted by atomic mass is 9.78. The van der Waals surface area contributed by atoms with Crippen LogP contribution < -0.4 is 10.6 Å². The van der Waals surface area contributed by atoms with Gasteiger partial charge in [0.05, 0.1) is 23.9 Å². The van der Waals surface area contributed by atoms with Crippen molar-refractivity contribution in [1.82, 2.24) is 20.2 Å². The van der Waals surface area contributed by atoms with E-state index in [-0.39, 0.29) is 17.6 Å². The van der Waals surface area contributed by atoms with Gasteiger partial charge in [-0.2, -0.15) is 0 Å². The number of fused-ring (bicyclic) bond motifs is 1. The molecule has 3 heterocycles. The number of phenols is 1. The van der Waals surface area contributed by atoms with E-state index < -0.39 is 0 Å². The van der Waals surface area contributed by atoms with Gasteiger partial charge in [-0.1, -0.05) is 36.4 Å². The molecule has 0 bridgehead atoms. The van der Waals surface area contributed by atoms with Crippen molar-refractivity contribution in [2.45, 2.75) is 50.9 Å². The molecule has 2 aromatic carbocycles. The average molecular weight is 617 g/mol. The maximum absolute atomic E-state index is 12.1. The minimum absolute atomic E-state index is 0.0346. The van der Waals surface area contributed by atoms with Gasteiger partial charge in [0.2, 0.25) is 0 Å². The number of hydrogen-bond acceptors (Lipinski definition) is 9. The van der Waals surface area contributed by atoms with Gasteiger partial charge in [0.25, 0.3) is 0 Å². The highest BCUT2D eigenvalue weighted by molar-refractivity contribution is 5.74. The third kappa shape index (κ3) is 5.15. The van der Waals surface area contributed by atoms with E-state index in [0.29, 0.717) is 53.3 Å². The van der Waals surface area contributed by atoms with E-state index in [1.165, 1.54) is 5.56 Å². The zero-order chi connectivity index (χ0) is 31.4. The molecule has 4 aromatic rings. The Bertz CT molecular complexity index is 1740. The van der Waals surface area contributed by atoms with Crippen LogP contribution in [0.2, 0.25) is 0 Å². The molecule has 3 saturated carbocycles. The quantitative estimate of drug-likeness (QED) is 0.233. The summed E-state index contributed by atoms with van der Waals surface area (Å²) in [4.78, 5) is 24.3. The molecule has 4 aliphatic rings. The van der Waals surface area contributed by atoms with Crippen LogP contribution in [0.5, 0.6) is 5.75 Å². The molecule has 236 valence electrons. The van der Waals surface area contributed by atoms with Gasteiger partial charge in [-0.25, -0.2) is 9.97 Å². The zero-order valence-electron chi connectivity index (χ0n) is 26.1. The van der Waals surface area contributed by atoms with Crippen LogP contribution in [0.1, 0.15) is 62.3 Å². The number of carbonyl (C=O) groups excluding carboxylic acids is 1. The number of aromatic hydroxyl groups is 1. The van der Waals surface area contributed by atoms with Crippen LogP contribution in [-0.2, 0) is 9.53 Å². The van der Waals surface area contributed by atoms with Gasteiger partial charge in [-0.15, -0.1) is 10.2 Å². The van der Waals surface area contributed by atoms with Crippen molar-refractivity contribution in [3.8, 4) is 28.1 Å². The number of hydrogen-bond donors (Lipinski definition) is 2. The lowest BCUT2D eigenvalue weighted by molar-refractivity contribution is -0.149. The number of carbonyl (C=O) groups is 1. The SMILES string of the molecule is CCOC(=O)[C@H]1CC[C@H](c2ccc(-c3cnc(C4CC5CN(c6cc(-c7ccccc7O)nnc6N)CC6C5C46)nc3)cc2)CC1. The maximum atomic E-state index is 12.1. The number of esters is 1. The van der Waals surface area contributed by atoms with Crippen LogP contribution in [0.25, 0.3) is 22.4 Å². The molecule has 5 atom stereocenters. The summed E-state index contributed by atoms with van der Waals surface area (Å²) in [7, 11) is 0. The third-order valence-corrected chi connectivity index (χ3v) is 11.1. The molecular formula is C37H40N6O3.